The highest BCUT2D eigenvalue weighted by Crippen LogP contribution is 2.35. The van der Waals surface area contributed by atoms with Crippen molar-refractivity contribution in [2.75, 3.05) is 0 Å². The van der Waals surface area contributed by atoms with E-state index in [9.17, 15) is 9.59 Å². The zero-order valence-corrected chi connectivity index (χ0v) is 18.1. The maximum absolute atomic E-state index is 13.2. The number of benzene rings is 1. The van der Waals surface area contributed by atoms with Gasteiger partial charge in [-0.3, -0.25) is 14.2 Å². The molecule has 1 aliphatic carbocycles. The van der Waals surface area contributed by atoms with Gasteiger partial charge < -0.3 is 0 Å². The Hall–Kier alpha value is -1.92. The Kier molecular flexibility index (Phi) is 5.43. The van der Waals surface area contributed by atoms with Crippen molar-refractivity contribution >= 4 is 39.1 Å². The normalized spacial score (nSPS) is 14.8. The molecule has 0 spiro atoms. The average Bonchev–Trinajstić information content (AvgIpc) is 3.06. The molecule has 2 heterocycles. The molecule has 1 aromatic carbocycles. The topological polar surface area (TPSA) is 52.0 Å². The monoisotopic (exact) mass is 412 g/mol. The fourth-order valence-electron chi connectivity index (χ4n) is 3.75. The van der Waals surface area contributed by atoms with Gasteiger partial charge in [-0.2, -0.15) is 0 Å². The van der Waals surface area contributed by atoms with E-state index in [0.717, 1.165) is 35.0 Å². The van der Waals surface area contributed by atoms with E-state index in [1.54, 1.807) is 15.9 Å². The van der Waals surface area contributed by atoms with Crippen molar-refractivity contribution in [2.45, 2.75) is 63.4 Å². The minimum atomic E-state index is -0.306. The van der Waals surface area contributed by atoms with E-state index in [-0.39, 0.29) is 16.6 Å². The molecule has 2 aromatic heterocycles. The van der Waals surface area contributed by atoms with Crippen LogP contribution in [0.3, 0.4) is 0 Å². The van der Waals surface area contributed by atoms with Gasteiger partial charge in [0.05, 0.1) is 10.6 Å². The number of nitrogens with zero attached hydrogens (tertiary/aromatic N) is 2. The Morgan fingerprint density at radius 3 is 2.68 bits per heavy atom. The first-order chi connectivity index (χ1) is 13.5. The minimum Gasteiger partial charge on any atom is -0.293 e. The summed E-state index contributed by atoms with van der Waals surface area (Å²) in [5, 5.41) is 1.15. The van der Waals surface area contributed by atoms with Crippen molar-refractivity contribution in [3.63, 3.8) is 0 Å². The number of hydrogen-bond donors (Lipinski definition) is 0. The molecule has 28 heavy (non-hydrogen) atoms. The molecular formula is C22H24N2O2S2. The van der Waals surface area contributed by atoms with Gasteiger partial charge in [0.1, 0.15) is 4.83 Å². The molecule has 4 nitrogen and oxygen atoms in total. The quantitative estimate of drug-likeness (QED) is 0.335. The minimum absolute atomic E-state index is 0.0457. The number of ketones is 1. The van der Waals surface area contributed by atoms with E-state index < -0.39 is 0 Å². The summed E-state index contributed by atoms with van der Waals surface area (Å²) >= 11 is 3.04. The maximum atomic E-state index is 13.2. The third kappa shape index (κ3) is 3.44. The number of thiophene rings is 1. The first-order valence-corrected chi connectivity index (χ1v) is 11.5. The second kappa shape index (κ2) is 7.84. The van der Waals surface area contributed by atoms with Crippen molar-refractivity contribution in [1.29, 1.82) is 0 Å². The van der Waals surface area contributed by atoms with E-state index in [2.05, 4.69) is 0 Å². The lowest BCUT2D eigenvalue weighted by atomic mass is 9.97. The van der Waals surface area contributed by atoms with Gasteiger partial charge in [-0.15, -0.1) is 11.3 Å². The number of aromatic nitrogens is 2. The number of aryl methyl sites for hydroxylation is 3. The van der Waals surface area contributed by atoms with Crippen LogP contribution in [0, 0.1) is 6.92 Å². The summed E-state index contributed by atoms with van der Waals surface area (Å²) in [6, 6.07) is 7.64. The van der Waals surface area contributed by atoms with Crippen LogP contribution in [0.2, 0.25) is 0 Å². The summed E-state index contributed by atoms with van der Waals surface area (Å²) in [7, 11) is 0. The zero-order chi connectivity index (χ0) is 19.8. The molecule has 0 N–H and O–H groups in total. The molecule has 6 heteroatoms. The van der Waals surface area contributed by atoms with Crippen LogP contribution in [-0.4, -0.2) is 20.6 Å². The number of carbonyl (C=O) groups excluding carboxylic acids is 1. The fraction of sp³-hybridized carbons (Fsp3) is 0.409. The maximum Gasteiger partial charge on any atom is 0.263 e. The van der Waals surface area contributed by atoms with Crippen LogP contribution in [0.25, 0.3) is 10.2 Å². The molecule has 0 saturated carbocycles. The highest BCUT2D eigenvalue weighted by atomic mass is 32.2. The average molecular weight is 413 g/mol. The summed E-state index contributed by atoms with van der Waals surface area (Å²) in [4.78, 5) is 33.0. The van der Waals surface area contributed by atoms with Crippen molar-refractivity contribution in [3.8, 4) is 0 Å². The van der Waals surface area contributed by atoms with Crippen LogP contribution in [-0.2, 0) is 19.4 Å². The molecule has 3 aromatic rings. The van der Waals surface area contributed by atoms with E-state index in [1.165, 1.54) is 28.6 Å². The van der Waals surface area contributed by atoms with Gasteiger partial charge in [-0.25, -0.2) is 4.98 Å². The number of fused-ring (bicyclic) bond motifs is 3. The highest BCUT2D eigenvalue weighted by Gasteiger charge is 2.24. The lowest BCUT2D eigenvalue weighted by Gasteiger charge is -2.15. The first kappa shape index (κ1) is 19.4. The van der Waals surface area contributed by atoms with Crippen molar-refractivity contribution in [2.24, 2.45) is 0 Å². The molecule has 0 saturated heterocycles. The molecule has 0 radical (unpaired) electrons. The van der Waals surface area contributed by atoms with Gasteiger partial charge in [-0.05, 0) is 52.0 Å². The number of thioether (sulfide) groups is 1. The van der Waals surface area contributed by atoms with E-state index in [4.69, 9.17) is 4.98 Å². The molecule has 1 atom stereocenters. The van der Waals surface area contributed by atoms with Crippen LogP contribution in [0.15, 0.2) is 34.2 Å². The molecule has 146 valence electrons. The Balaban J connectivity index is 1.71. The third-order valence-electron chi connectivity index (χ3n) is 5.34. The molecule has 4 rings (SSSR count). The SMILES string of the molecule is CCn1c(S[C@@H](C)C(=O)c2ccc(C)cc2)nc2sc3c(c2c1=O)CCCC3. The Morgan fingerprint density at radius 2 is 1.96 bits per heavy atom. The molecule has 0 amide bonds. The number of rotatable bonds is 5. The lowest BCUT2D eigenvalue weighted by molar-refractivity contribution is 0.0994. The van der Waals surface area contributed by atoms with Crippen LogP contribution in [0.1, 0.15) is 53.1 Å². The summed E-state index contributed by atoms with van der Waals surface area (Å²) in [5.41, 5.74) is 3.09. The number of hydrogen-bond acceptors (Lipinski definition) is 5. The Labute approximate surface area is 173 Å². The van der Waals surface area contributed by atoms with Gasteiger partial charge in [-0.1, -0.05) is 41.6 Å². The van der Waals surface area contributed by atoms with Crippen LogP contribution in [0.5, 0.6) is 0 Å². The van der Waals surface area contributed by atoms with Crippen LogP contribution in [0.4, 0.5) is 0 Å². The van der Waals surface area contributed by atoms with Crippen molar-refractivity contribution < 1.29 is 4.79 Å². The molecular weight excluding hydrogens is 388 g/mol. The van der Waals surface area contributed by atoms with Gasteiger partial charge in [0.15, 0.2) is 10.9 Å². The third-order valence-corrected chi connectivity index (χ3v) is 7.62. The van der Waals surface area contributed by atoms with E-state index >= 15 is 0 Å². The first-order valence-electron chi connectivity index (χ1n) is 9.82. The summed E-state index contributed by atoms with van der Waals surface area (Å²) in [6.07, 6.45) is 4.35. The summed E-state index contributed by atoms with van der Waals surface area (Å²) in [5.74, 6) is 0.0625. The molecule has 0 aliphatic heterocycles. The largest absolute Gasteiger partial charge is 0.293 e. The second-order valence-electron chi connectivity index (χ2n) is 7.33. The second-order valence-corrected chi connectivity index (χ2v) is 9.72. The molecule has 0 fully saturated rings. The Morgan fingerprint density at radius 1 is 1.25 bits per heavy atom. The summed E-state index contributed by atoms with van der Waals surface area (Å²) in [6.45, 7) is 6.42. The van der Waals surface area contributed by atoms with Gasteiger partial charge >= 0.3 is 0 Å². The predicted octanol–water partition coefficient (Wildman–Crippen LogP) is 5.03. The standard InChI is InChI=1S/C22H24N2O2S2/c1-4-24-21(26)18-16-7-5-6-8-17(16)28-20(18)23-22(24)27-14(3)19(25)15-11-9-13(2)10-12-15/h9-12,14H,4-8H2,1-3H3/t14-/m0/s1. The number of Topliss-reactive ketones (excluding diaryl/α,β-unsaturated/α-hetero) is 1. The highest BCUT2D eigenvalue weighted by molar-refractivity contribution is 8.00. The molecule has 1 aliphatic rings. The molecule has 0 bridgehead atoms. The van der Waals surface area contributed by atoms with Gasteiger partial charge in [0.2, 0.25) is 0 Å². The Bertz CT molecular complexity index is 1100. The summed E-state index contributed by atoms with van der Waals surface area (Å²) < 4.78 is 1.73. The zero-order valence-electron chi connectivity index (χ0n) is 16.4. The molecule has 0 unspecified atom stereocenters. The van der Waals surface area contributed by atoms with E-state index in [0.29, 0.717) is 17.3 Å². The lowest BCUT2D eigenvalue weighted by Crippen LogP contribution is -2.24. The fourth-order valence-corrected chi connectivity index (χ4v) is 6.11. The number of carbonyl (C=O) groups is 1. The van der Waals surface area contributed by atoms with Crippen LogP contribution < -0.4 is 5.56 Å². The predicted molar refractivity (Wildman–Crippen MR) is 117 cm³/mol. The van der Waals surface area contributed by atoms with Gasteiger partial charge in [0.25, 0.3) is 5.56 Å². The van der Waals surface area contributed by atoms with Crippen molar-refractivity contribution in [3.05, 3.63) is 56.2 Å². The van der Waals surface area contributed by atoms with Gasteiger partial charge in [0, 0.05) is 17.0 Å². The smallest absolute Gasteiger partial charge is 0.263 e. The van der Waals surface area contributed by atoms with E-state index in [1.807, 2.05) is 45.0 Å². The van der Waals surface area contributed by atoms with Crippen LogP contribution >= 0.6 is 23.1 Å². The van der Waals surface area contributed by atoms with Crippen molar-refractivity contribution in [1.82, 2.24) is 9.55 Å².